The van der Waals surface area contributed by atoms with Crippen LogP contribution in [0.1, 0.15) is 38.8 Å². The first-order valence-electron chi connectivity index (χ1n) is 11.6. The summed E-state index contributed by atoms with van der Waals surface area (Å²) in [6.07, 6.45) is -0.331. The van der Waals surface area contributed by atoms with Crippen molar-refractivity contribution in [1.29, 1.82) is 0 Å². The molecule has 0 saturated carbocycles. The van der Waals surface area contributed by atoms with Gasteiger partial charge in [-0.05, 0) is 36.7 Å². The second-order valence-electron chi connectivity index (χ2n) is 10.3. The number of carbonyl (C=O) groups excluding carboxylic acids is 1. The molecule has 2 aromatic carbocycles. The number of halogens is 1. The summed E-state index contributed by atoms with van der Waals surface area (Å²) < 4.78 is 27.2. The summed E-state index contributed by atoms with van der Waals surface area (Å²) in [7, 11) is -1.97. The first-order chi connectivity index (χ1) is 15.5. The van der Waals surface area contributed by atoms with E-state index in [0.29, 0.717) is 30.9 Å². The number of anilines is 1. The van der Waals surface area contributed by atoms with Crippen LogP contribution in [0.2, 0.25) is 18.1 Å². The Morgan fingerprint density at radius 3 is 2.39 bits per heavy atom. The highest BCUT2D eigenvalue weighted by Crippen LogP contribution is 2.37. The molecule has 33 heavy (non-hydrogen) atoms. The molecule has 7 heteroatoms. The van der Waals surface area contributed by atoms with Gasteiger partial charge in [0.25, 0.3) is 0 Å². The maximum absolute atomic E-state index is 15.4. The van der Waals surface area contributed by atoms with Crippen LogP contribution in [0.25, 0.3) is 0 Å². The van der Waals surface area contributed by atoms with Crippen LogP contribution in [-0.4, -0.2) is 45.0 Å². The van der Waals surface area contributed by atoms with Gasteiger partial charge in [-0.2, -0.15) is 0 Å². The Hall–Kier alpha value is -2.38. The summed E-state index contributed by atoms with van der Waals surface area (Å²) in [4.78, 5) is 16.3. The van der Waals surface area contributed by atoms with Gasteiger partial charge >= 0.3 is 6.09 Å². The van der Waals surface area contributed by atoms with Crippen molar-refractivity contribution in [2.24, 2.45) is 0 Å². The van der Waals surface area contributed by atoms with Crippen molar-refractivity contribution in [2.75, 3.05) is 24.5 Å². The second kappa shape index (κ2) is 10.3. The van der Waals surface area contributed by atoms with Crippen molar-refractivity contribution in [3.05, 3.63) is 65.5 Å². The monoisotopic (exact) mass is 472 g/mol. The van der Waals surface area contributed by atoms with Gasteiger partial charge in [-0.3, -0.25) is 0 Å². The van der Waals surface area contributed by atoms with Gasteiger partial charge in [0.1, 0.15) is 6.61 Å². The molecular formula is C26H37FN2O3Si. The Bertz CT molecular complexity index is 946. The molecule has 0 N–H and O–H groups in total. The lowest BCUT2D eigenvalue weighted by molar-refractivity contribution is 0.0794. The Kier molecular flexibility index (Phi) is 7.85. The van der Waals surface area contributed by atoms with E-state index in [-0.39, 0.29) is 36.2 Å². The molecule has 3 rings (SSSR count). The lowest BCUT2D eigenvalue weighted by atomic mass is 10.1. The molecule has 1 heterocycles. The summed E-state index contributed by atoms with van der Waals surface area (Å²) >= 11 is 0. The maximum atomic E-state index is 15.4. The zero-order valence-electron chi connectivity index (χ0n) is 20.7. The van der Waals surface area contributed by atoms with Crippen LogP contribution >= 0.6 is 0 Å². The smallest absolute Gasteiger partial charge is 0.410 e. The molecule has 1 saturated heterocycles. The number of benzene rings is 2. The van der Waals surface area contributed by atoms with Crippen molar-refractivity contribution in [1.82, 2.24) is 4.90 Å². The summed E-state index contributed by atoms with van der Waals surface area (Å²) in [5.41, 5.74) is 2.10. The molecule has 1 atom stereocenters. The van der Waals surface area contributed by atoms with Gasteiger partial charge in [-0.25, -0.2) is 9.18 Å². The minimum absolute atomic E-state index is 0.0714. The highest BCUT2D eigenvalue weighted by atomic mass is 28.4. The Labute approximate surface area is 198 Å². The third-order valence-electron chi connectivity index (χ3n) is 6.86. The summed E-state index contributed by atoms with van der Waals surface area (Å²) in [5.74, 6) is -0.233. The molecule has 1 aliphatic rings. The SMILES string of the molecule is C[C@H]1CN(c2cccc(CO[Si](C)(C)C(C)(C)C)c2F)CCN1C(=O)OCc1ccccc1. The van der Waals surface area contributed by atoms with E-state index in [1.165, 1.54) is 0 Å². The van der Waals surface area contributed by atoms with Crippen LogP contribution in [0, 0.1) is 5.82 Å². The average Bonchev–Trinajstić information content (AvgIpc) is 2.76. The van der Waals surface area contributed by atoms with E-state index in [9.17, 15) is 4.79 Å². The summed E-state index contributed by atoms with van der Waals surface area (Å²) in [5, 5.41) is 0.0714. The molecule has 1 aliphatic heterocycles. The molecule has 2 aromatic rings. The third kappa shape index (κ3) is 6.15. The Balaban J connectivity index is 1.61. The fraction of sp³-hybridized carbons (Fsp3) is 0.500. The van der Waals surface area contributed by atoms with Gasteiger partial charge in [-0.15, -0.1) is 0 Å². The van der Waals surface area contributed by atoms with Crippen LogP contribution in [0.3, 0.4) is 0 Å². The molecule has 0 bridgehead atoms. The predicted octanol–water partition coefficient (Wildman–Crippen LogP) is 6.19. The van der Waals surface area contributed by atoms with E-state index in [0.717, 1.165) is 5.56 Å². The fourth-order valence-corrected chi connectivity index (χ4v) is 4.60. The molecule has 180 valence electrons. The number of piperazine rings is 1. The minimum atomic E-state index is -1.97. The zero-order chi connectivity index (χ0) is 24.2. The zero-order valence-corrected chi connectivity index (χ0v) is 21.7. The number of ether oxygens (including phenoxy) is 1. The van der Waals surface area contributed by atoms with Gasteiger partial charge in [0.2, 0.25) is 0 Å². The van der Waals surface area contributed by atoms with E-state index < -0.39 is 8.32 Å². The lowest BCUT2D eigenvalue weighted by Crippen LogP contribution is -2.54. The standard InChI is InChI=1S/C26H37FN2O3Si/c1-20-17-28(15-16-29(20)25(30)31-18-21-11-8-7-9-12-21)23-14-10-13-22(24(23)27)19-32-33(5,6)26(2,3)4/h7-14,20H,15-19H2,1-6H3/t20-/m0/s1. The van der Waals surface area contributed by atoms with Crippen LogP contribution in [0.5, 0.6) is 0 Å². The number of rotatable bonds is 6. The molecule has 1 amide bonds. The number of carbonyl (C=O) groups is 1. The van der Waals surface area contributed by atoms with Gasteiger partial charge in [0.15, 0.2) is 14.1 Å². The van der Waals surface area contributed by atoms with Gasteiger partial charge < -0.3 is 19.0 Å². The van der Waals surface area contributed by atoms with Crippen molar-refractivity contribution >= 4 is 20.1 Å². The van der Waals surface area contributed by atoms with E-state index in [1.807, 2.05) is 48.2 Å². The molecule has 5 nitrogen and oxygen atoms in total. The van der Waals surface area contributed by atoms with Crippen LogP contribution < -0.4 is 4.90 Å². The minimum Gasteiger partial charge on any atom is -0.445 e. The number of hydrogen-bond acceptors (Lipinski definition) is 4. The quantitative estimate of drug-likeness (QED) is 0.470. The first-order valence-corrected chi connectivity index (χ1v) is 14.5. The largest absolute Gasteiger partial charge is 0.445 e. The highest BCUT2D eigenvalue weighted by molar-refractivity contribution is 6.74. The molecule has 0 spiro atoms. The molecular weight excluding hydrogens is 435 g/mol. The van der Waals surface area contributed by atoms with E-state index in [4.69, 9.17) is 9.16 Å². The second-order valence-corrected chi connectivity index (χ2v) is 15.1. The first kappa shape index (κ1) is 25.2. The molecule has 0 aromatic heterocycles. The Morgan fingerprint density at radius 1 is 1.06 bits per heavy atom. The van der Waals surface area contributed by atoms with Crippen LogP contribution in [-0.2, 0) is 22.4 Å². The fourth-order valence-electron chi connectivity index (χ4n) is 3.65. The topological polar surface area (TPSA) is 42.0 Å². The molecule has 0 radical (unpaired) electrons. The molecule has 0 aliphatic carbocycles. The number of nitrogens with zero attached hydrogens (tertiary/aromatic N) is 2. The van der Waals surface area contributed by atoms with E-state index in [1.54, 1.807) is 17.0 Å². The highest BCUT2D eigenvalue weighted by Gasteiger charge is 2.37. The van der Waals surface area contributed by atoms with Crippen LogP contribution in [0.4, 0.5) is 14.9 Å². The summed E-state index contributed by atoms with van der Waals surface area (Å²) in [6.45, 7) is 15.0. The average molecular weight is 473 g/mol. The van der Waals surface area contributed by atoms with Crippen molar-refractivity contribution < 1.29 is 18.3 Å². The summed E-state index contributed by atoms with van der Waals surface area (Å²) in [6, 6.07) is 15.0. The maximum Gasteiger partial charge on any atom is 0.410 e. The van der Waals surface area contributed by atoms with Crippen molar-refractivity contribution in [2.45, 2.75) is 65.1 Å². The number of hydrogen-bond donors (Lipinski definition) is 0. The molecule has 0 unspecified atom stereocenters. The number of amides is 1. The van der Waals surface area contributed by atoms with E-state index >= 15 is 4.39 Å². The van der Waals surface area contributed by atoms with Gasteiger partial charge in [0, 0.05) is 31.2 Å². The van der Waals surface area contributed by atoms with Crippen LogP contribution in [0.15, 0.2) is 48.5 Å². The van der Waals surface area contributed by atoms with Gasteiger partial charge in [-0.1, -0.05) is 63.2 Å². The molecule has 1 fully saturated rings. The van der Waals surface area contributed by atoms with Crippen molar-refractivity contribution in [3.63, 3.8) is 0 Å². The van der Waals surface area contributed by atoms with Gasteiger partial charge in [0.05, 0.1) is 12.3 Å². The normalized spacial score (nSPS) is 17.2. The lowest BCUT2D eigenvalue weighted by Gasteiger charge is -2.40. The third-order valence-corrected chi connectivity index (χ3v) is 11.3. The van der Waals surface area contributed by atoms with E-state index in [2.05, 4.69) is 33.9 Å². The predicted molar refractivity (Wildman–Crippen MR) is 133 cm³/mol. The van der Waals surface area contributed by atoms with Crippen molar-refractivity contribution in [3.8, 4) is 0 Å². The Morgan fingerprint density at radius 2 is 1.76 bits per heavy atom.